The van der Waals surface area contributed by atoms with Crippen molar-refractivity contribution in [1.82, 2.24) is 4.31 Å². The van der Waals surface area contributed by atoms with Crippen LogP contribution in [0.1, 0.15) is 31.3 Å². The number of carbonyl (C=O) groups excluding carboxylic acids is 1. The highest BCUT2D eigenvalue weighted by Crippen LogP contribution is 2.24. The first-order valence-corrected chi connectivity index (χ1v) is 10.4. The molecule has 0 atom stereocenters. The van der Waals surface area contributed by atoms with Crippen molar-refractivity contribution in [3.05, 3.63) is 54.0 Å². The second-order valence-corrected chi connectivity index (χ2v) is 8.82. The molecule has 1 fully saturated rings. The Morgan fingerprint density at radius 2 is 1.81 bits per heavy atom. The molecule has 0 spiro atoms. The van der Waals surface area contributed by atoms with E-state index in [1.54, 1.807) is 24.3 Å². The lowest BCUT2D eigenvalue weighted by molar-refractivity contribution is -0.111. The van der Waals surface area contributed by atoms with E-state index in [2.05, 4.69) is 12.2 Å². The minimum absolute atomic E-state index is 0.247. The number of nitrogens with one attached hydrogen (secondary N) is 1. The van der Waals surface area contributed by atoms with Gasteiger partial charge in [0.2, 0.25) is 15.9 Å². The Bertz CT molecular complexity index is 921. The van der Waals surface area contributed by atoms with Crippen LogP contribution in [0.3, 0.4) is 0 Å². The average molecular weight is 388 g/mol. The van der Waals surface area contributed by atoms with Gasteiger partial charge in [-0.3, -0.25) is 4.79 Å². The Kier molecular flexibility index (Phi) is 5.82. The molecule has 1 amide bonds. The monoisotopic (exact) mass is 388 g/mol. The third-order valence-corrected chi connectivity index (χ3v) is 6.58. The van der Waals surface area contributed by atoms with Gasteiger partial charge in [0.15, 0.2) is 0 Å². The minimum Gasteiger partial charge on any atom is -0.462 e. The molecule has 0 unspecified atom stereocenters. The van der Waals surface area contributed by atoms with Gasteiger partial charge < -0.3 is 9.73 Å². The van der Waals surface area contributed by atoms with Crippen molar-refractivity contribution < 1.29 is 17.6 Å². The van der Waals surface area contributed by atoms with Gasteiger partial charge in [-0.1, -0.05) is 6.92 Å². The first-order valence-electron chi connectivity index (χ1n) is 9.00. The number of nitrogens with zero attached hydrogens (tertiary/aromatic N) is 1. The molecule has 6 nitrogen and oxygen atoms in total. The highest BCUT2D eigenvalue weighted by Gasteiger charge is 2.27. The fourth-order valence-corrected chi connectivity index (χ4v) is 4.44. The summed E-state index contributed by atoms with van der Waals surface area (Å²) in [6.07, 6.45) is 4.72. The summed E-state index contributed by atoms with van der Waals surface area (Å²) in [5.41, 5.74) is 0.534. The van der Waals surface area contributed by atoms with Crippen molar-refractivity contribution in [2.45, 2.75) is 31.6 Å². The number of rotatable bonds is 5. The van der Waals surface area contributed by atoms with E-state index >= 15 is 0 Å². The van der Waals surface area contributed by atoms with Crippen LogP contribution in [-0.4, -0.2) is 31.7 Å². The molecule has 1 aliphatic rings. The Morgan fingerprint density at radius 3 is 2.41 bits per heavy atom. The number of carbonyl (C=O) groups is 1. The van der Waals surface area contributed by atoms with Gasteiger partial charge in [0.05, 0.1) is 4.90 Å². The van der Waals surface area contributed by atoms with Crippen LogP contribution in [0.5, 0.6) is 0 Å². The number of aryl methyl sites for hydroxylation is 1. The summed E-state index contributed by atoms with van der Waals surface area (Å²) >= 11 is 0. The van der Waals surface area contributed by atoms with Crippen LogP contribution in [0.25, 0.3) is 6.08 Å². The number of anilines is 1. The van der Waals surface area contributed by atoms with Gasteiger partial charge >= 0.3 is 0 Å². The lowest BCUT2D eigenvalue weighted by atomic mass is 10.0. The van der Waals surface area contributed by atoms with Crippen molar-refractivity contribution in [2.24, 2.45) is 5.92 Å². The molecule has 0 radical (unpaired) electrons. The zero-order valence-corrected chi connectivity index (χ0v) is 16.3. The molecule has 3 rings (SSSR count). The number of piperidine rings is 1. The first kappa shape index (κ1) is 19.4. The van der Waals surface area contributed by atoms with Crippen LogP contribution >= 0.6 is 0 Å². The Labute approximate surface area is 159 Å². The fraction of sp³-hybridized carbons (Fsp3) is 0.350. The molecule has 0 saturated carbocycles. The van der Waals surface area contributed by atoms with E-state index < -0.39 is 10.0 Å². The second-order valence-electron chi connectivity index (χ2n) is 6.88. The van der Waals surface area contributed by atoms with Crippen LogP contribution < -0.4 is 5.32 Å². The van der Waals surface area contributed by atoms with Gasteiger partial charge in [-0.25, -0.2) is 8.42 Å². The quantitative estimate of drug-likeness (QED) is 0.793. The maximum absolute atomic E-state index is 12.7. The van der Waals surface area contributed by atoms with Gasteiger partial charge in [0.25, 0.3) is 0 Å². The Morgan fingerprint density at radius 1 is 1.15 bits per heavy atom. The largest absolute Gasteiger partial charge is 0.462 e. The summed E-state index contributed by atoms with van der Waals surface area (Å²) in [6.45, 7) is 5.08. The number of hydrogen-bond acceptors (Lipinski definition) is 4. The van der Waals surface area contributed by atoms with Crippen LogP contribution in [0.15, 0.2) is 51.8 Å². The predicted molar refractivity (Wildman–Crippen MR) is 105 cm³/mol. The highest BCUT2D eigenvalue weighted by atomic mass is 32.2. The van der Waals surface area contributed by atoms with E-state index in [9.17, 15) is 13.2 Å². The highest BCUT2D eigenvalue weighted by molar-refractivity contribution is 7.89. The molecular formula is C20H24N2O4S. The standard InChI is InChI=1S/C20H24N2O4S/c1-15-11-13-22(14-12-15)27(24,25)19-8-4-17(5-9-19)21-20(23)10-7-18-6-3-16(2)26-18/h3-10,15H,11-14H2,1-2H3,(H,21,23). The van der Waals surface area contributed by atoms with Crippen molar-refractivity contribution in [3.63, 3.8) is 0 Å². The van der Waals surface area contributed by atoms with Crippen molar-refractivity contribution in [2.75, 3.05) is 18.4 Å². The van der Waals surface area contributed by atoms with E-state index in [0.717, 1.165) is 18.6 Å². The van der Waals surface area contributed by atoms with Gasteiger partial charge in [-0.2, -0.15) is 4.31 Å². The summed E-state index contributed by atoms with van der Waals surface area (Å²) in [7, 11) is -3.48. The van der Waals surface area contributed by atoms with E-state index in [4.69, 9.17) is 4.42 Å². The van der Waals surface area contributed by atoms with Gasteiger partial charge in [0.1, 0.15) is 11.5 Å². The molecule has 27 heavy (non-hydrogen) atoms. The summed E-state index contributed by atoms with van der Waals surface area (Å²) in [5, 5.41) is 2.71. The molecule has 2 heterocycles. The molecule has 144 valence electrons. The maximum Gasteiger partial charge on any atom is 0.248 e. The smallest absolute Gasteiger partial charge is 0.248 e. The lowest BCUT2D eigenvalue weighted by Crippen LogP contribution is -2.37. The van der Waals surface area contributed by atoms with Crippen molar-refractivity contribution in [3.8, 4) is 0 Å². The molecule has 1 aliphatic heterocycles. The van der Waals surface area contributed by atoms with Crippen LogP contribution in [-0.2, 0) is 14.8 Å². The summed E-state index contributed by atoms with van der Waals surface area (Å²) in [4.78, 5) is 12.2. The number of benzene rings is 1. The molecule has 1 aromatic heterocycles. The van der Waals surface area contributed by atoms with Crippen molar-refractivity contribution >= 4 is 27.7 Å². The molecule has 1 aromatic carbocycles. The summed E-state index contributed by atoms with van der Waals surface area (Å²) in [5.74, 6) is 1.62. The number of hydrogen-bond donors (Lipinski definition) is 1. The normalized spacial score (nSPS) is 16.7. The molecule has 1 saturated heterocycles. The molecule has 0 bridgehead atoms. The molecule has 2 aromatic rings. The zero-order chi connectivity index (χ0) is 19.4. The van der Waals surface area contributed by atoms with Gasteiger partial charge in [-0.05, 0) is 68.2 Å². The van der Waals surface area contributed by atoms with Gasteiger partial charge in [0, 0.05) is 24.9 Å². The molecule has 0 aliphatic carbocycles. The molecular weight excluding hydrogens is 364 g/mol. The summed E-state index contributed by atoms with van der Waals surface area (Å²) < 4.78 is 32.3. The third-order valence-electron chi connectivity index (χ3n) is 4.66. The zero-order valence-electron chi connectivity index (χ0n) is 15.5. The van der Waals surface area contributed by atoms with Gasteiger partial charge in [-0.15, -0.1) is 0 Å². The molecule has 1 N–H and O–H groups in total. The first-order chi connectivity index (χ1) is 12.8. The van der Waals surface area contributed by atoms with E-state index in [0.29, 0.717) is 30.5 Å². The third kappa shape index (κ3) is 4.87. The average Bonchev–Trinajstić information content (AvgIpc) is 3.06. The Hall–Kier alpha value is -2.38. The lowest BCUT2D eigenvalue weighted by Gasteiger charge is -2.29. The number of sulfonamides is 1. The number of furan rings is 1. The topological polar surface area (TPSA) is 79.6 Å². The van der Waals surface area contributed by atoms with Crippen molar-refractivity contribution in [1.29, 1.82) is 0 Å². The molecule has 7 heteroatoms. The minimum atomic E-state index is -3.48. The second kappa shape index (κ2) is 8.10. The van der Waals surface area contributed by atoms with E-state index in [-0.39, 0.29) is 10.8 Å². The fourth-order valence-electron chi connectivity index (χ4n) is 2.97. The SMILES string of the molecule is Cc1ccc(C=CC(=O)Nc2ccc(S(=O)(=O)N3CCC(C)CC3)cc2)o1. The Balaban J connectivity index is 1.62. The van der Waals surface area contributed by atoms with Crippen LogP contribution in [0.2, 0.25) is 0 Å². The van der Waals surface area contributed by atoms with E-state index in [1.807, 2.05) is 13.0 Å². The van der Waals surface area contributed by atoms with Crippen LogP contribution in [0, 0.1) is 12.8 Å². The summed E-state index contributed by atoms with van der Waals surface area (Å²) in [6, 6.07) is 9.86. The maximum atomic E-state index is 12.7. The number of amides is 1. The van der Waals surface area contributed by atoms with Crippen LogP contribution in [0.4, 0.5) is 5.69 Å². The predicted octanol–water partition coefficient (Wildman–Crippen LogP) is 3.66. The van der Waals surface area contributed by atoms with E-state index in [1.165, 1.54) is 22.5 Å².